The van der Waals surface area contributed by atoms with Gasteiger partial charge < -0.3 is 14.2 Å². The Morgan fingerprint density at radius 2 is 2.00 bits per heavy atom. The molecule has 4 rings (SSSR count). The fraction of sp³-hybridized carbons (Fsp3) is 0.556. The average molecular weight is 316 g/mol. The molecule has 2 bridgehead atoms. The molecule has 23 heavy (non-hydrogen) atoms. The largest absolute Gasteiger partial charge is 0.457 e. The first-order valence-electron chi connectivity index (χ1n) is 8.27. The van der Waals surface area contributed by atoms with Gasteiger partial charge in [0.1, 0.15) is 0 Å². The van der Waals surface area contributed by atoms with Crippen molar-refractivity contribution in [3.63, 3.8) is 0 Å². The minimum absolute atomic E-state index is 0.172. The van der Waals surface area contributed by atoms with Crippen molar-refractivity contribution in [2.45, 2.75) is 32.1 Å². The van der Waals surface area contributed by atoms with Gasteiger partial charge in [-0.3, -0.25) is 9.59 Å². The van der Waals surface area contributed by atoms with Crippen molar-refractivity contribution in [1.82, 2.24) is 0 Å². The molecule has 3 unspecified atom stereocenters. The molecule has 0 N–H and O–H groups in total. The van der Waals surface area contributed by atoms with Crippen LogP contribution in [-0.4, -0.2) is 25.2 Å². The van der Waals surface area contributed by atoms with Crippen LogP contribution in [0.1, 0.15) is 42.5 Å². The highest BCUT2D eigenvalue weighted by Crippen LogP contribution is 2.49. The summed E-state index contributed by atoms with van der Waals surface area (Å²) in [4.78, 5) is 24.1. The van der Waals surface area contributed by atoms with Gasteiger partial charge in [0.05, 0.1) is 0 Å². The Kier molecular flexibility index (Phi) is 3.71. The molecule has 5 nitrogen and oxygen atoms in total. The van der Waals surface area contributed by atoms with Crippen LogP contribution in [0.4, 0.5) is 0 Å². The lowest BCUT2D eigenvalue weighted by atomic mass is 9.86. The second kappa shape index (κ2) is 5.87. The number of carbonyl (C=O) groups excluding carboxylic acids is 2. The summed E-state index contributed by atoms with van der Waals surface area (Å²) < 4.78 is 15.6. The Morgan fingerprint density at radius 3 is 2.78 bits per heavy atom. The average Bonchev–Trinajstić information content (AvgIpc) is 3.27. The van der Waals surface area contributed by atoms with Crippen LogP contribution < -0.4 is 9.47 Å². The molecule has 2 fully saturated rings. The molecule has 0 spiro atoms. The number of rotatable bonds is 5. The van der Waals surface area contributed by atoms with Crippen molar-refractivity contribution in [1.29, 1.82) is 0 Å². The van der Waals surface area contributed by atoms with E-state index in [4.69, 9.17) is 14.2 Å². The molecule has 0 aromatic heterocycles. The lowest BCUT2D eigenvalue weighted by molar-refractivity contribution is -0.144. The molecule has 2 aliphatic carbocycles. The number of hydrogen-bond donors (Lipinski definition) is 0. The molecule has 122 valence electrons. The molecule has 1 heterocycles. The summed E-state index contributed by atoms with van der Waals surface area (Å²) in [5.74, 6) is 2.69. The van der Waals surface area contributed by atoms with Gasteiger partial charge in [-0.1, -0.05) is 6.42 Å². The van der Waals surface area contributed by atoms with E-state index in [0.717, 1.165) is 12.3 Å². The third-order valence-electron chi connectivity index (χ3n) is 5.37. The van der Waals surface area contributed by atoms with Crippen LogP contribution in [0, 0.1) is 17.8 Å². The molecule has 0 saturated heterocycles. The maximum Gasteiger partial charge on any atom is 0.306 e. The molecule has 1 aliphatic heterocycles. The van der Waals surface area contributed by atoms with Crippen LogP contribution in [0.5, 0.6) is 11.5 Å². The van der Waals surface area contributed by atoms with Crippen molar-refractivity contribution in [2.75, 3.05) is 13.4 Å². The fourth-order valence-electron chi connectivity index (χ4n) is 4.20. The Labute approximate surface area is 134 Å². The first-order chi connectivity index (χ1) is 11.2. The summed E-state index contributed by atoms with van der Waals surface area (Å²) in [6, 6.07) is 5.00. The maximum atomic E-state index is 12.1. The van der Waals surface area contributed by atoms with Gasteiger partial charge in [0.2, 0.25) is 6.79 Å². The number of Topliss-reactive ketones (excluding diaryl/α,β-unsaturated/α-hetero) is 1. The predicted molar refractivity (Wildman–Crippen MR) is 81.4 cm³/mol. The lowest BCUT2D eigenvalue weighted by Crippen LogP contribution is -2.19. The van der Waals surface area contributed by atoms with Crippen molar-refractivity contribution < 1.29 is 23.8 Å². The maximum absolute atomic E-state index is 12.1. The van der Waals surface area contributed by atoms with Crippen LogP contribution in [0.3, 0.4) is 0 Å². The van der Waals surface area contributed by atoms with E-state index in [1.807, 2.05) is 0 Å². The van der Waals surface area contributed by atoms with Crippen LogP contribution in [0.25, 0.3) is 0 Å². The molecule has 5 heteroatoms. The van der Waals surface area contributed by atoms with E-state index in [1.54, 1.807) is 18.2 Å². The Bertz CT molecular complexity index is 638. The van der Waals surface area contributed by atoms with E-state index in [1.165, 1.54) is 19.3 Å². The highest BCUT2D eigenvalue weighted by molar-refractivity contribution is 5.98. The number of carbonyl (C=O) groups is 2. The smallest absolute Gasteiger partial charge is 0.306 e. The number of fused-ring (bicyclic) bond motifs is 3. The monoisotopic (exact) mass is 316 g/mol. The second-order valence-corrected chi connectivity index (χ2v) is 6.79. The highest BCUT2D eigenvalue weighted by Gasteiger charge is 2.40. The van der Waals surface area contributed by atoms with E-state index >= 15 is 0 Å². The van der Waals surface area contributed by atoms with Gasteiger partial charge in [-0.05, 0) is 55.2 Å². The minimum Gasteiger partial charge on any atom is -0.457 e. The minimum atomic E-state index is -0.253. The van der Waals surface area contributed by atoms with Crippen LogP contribution in [0.2, 0.25) is 0 Å². The molecular weight excluding hydrogens is 296 g/mol. The Balaban J connectivity index is 1.28. The van der Waals surface area contributed by atoms with Crippen LogP contribution in [-0.2, 0) is 9.53 Å². The third kappa shape index (κ3) is 2.92. The fourth-order valence-corrected chi connectivity index (χ4v) is 4.20. The zero-order chi connectivity index (χ0) is 15.8. The Morgan fingerprint density at radius 1 is 1.13 bits per heavy atom. The number of benzene rings is 1. The predicted octanol–water partition coefficient (Wildman–Crippen LogP) is 2.97. The standard InChI is InChI=1S/C18H20O5/c19-15(13-3-4-16-17(7-13)23-10-22-16)9-21-18(20)8-14-6-11-1-2-12(14)5-11/h3-4,7,11-12,14H,1-2,5-6,8-10H2. The first kappa shape index (κ1) is 14.5. The van der Waals surface area contributed by atoms with E-state index < -0.39 is 0 Å². The number of ketones is 1. The van der Waals surface area contributed by atoms with Gasteiger partial charge in [0.15, 0.2) is 23.9 Å². The topological polar surface area (TPSA) is 61.8 Å². The molecule has 0 radical (unpaired) electrons. The van der Waals surface area contributed by atoms with E-state index in [-0.39, 0.29) is 25.2 Å². The lowest BCUT2D eigenvalue weighted by Gasteiger charge is -2.20. The molecular formula is C18H20O5. The molecule has 3 atom stereocenters. The molecule has 2 saturated carbocycles. The van der Waals surface area contributed by atoms with Gasteiger partial charge in [-0.15, -0.1) is 0 Å². The zero-order valence-electron chi connectivity index (χ0n) is 13.0. The van der Waals surface area contributed by atoms with Crippen molar-refractivity contribution in [3.05, 3.63) is 23.8 Å². The van der Waals surface area contributed by atoms with Gasteiger partial charge >= 0.3 is 5.97 Å². The Hall–Kier alpha value is -2.04. The molecule has 0 amide bonds. The summed E-state index contributed by atoms with van der Waals surface area (Å²) >= 11 is 0. The summed E-state index contributed by atoms with van der Waals surface area (Å²) in [5.41, 5.74) is 0.474. The SMILES string of the molecule is O=C(CC1CC2CCC1C2)OCC(=O)c1ccc2c(c1)OCO2. The van der Waals surface area contributed by atoms with Gasteiger partial charge in [0.25, 0.3) is 0 Å². The third-order valence-corrected chi connectivity index (χ3v) is 5.37. The normalized spacial score (nSPS) is 27.2. The van der Waals surface area contributed by atoms with E-state index in [0.29, 0.717) is 35.3 Å². The molecule has 1 aromatic carbocycles. The van der Waals surface area contributed by atoms with E-state index in [2.05, 4.69) is 0 Å². The highest BCUT2D eigenvalue weighted by atomic mass is 16.7. The number of hydrogen-bond acceptors (Lipinski definition) is 5. The summed E-state index contributed by atoms with van der Waals surface area (Å²) in [6.07, 6.45) is 5.44. The van der Waals surface area contributed by atoms with Gasteiger partial charge in [-0.2, -0.15) is 0 Å². The van der Waals surface area contributed by atoms with Crippen molar-refractivity contribution in [2.24, 2.45) is 17.8 Å². The van der Waals surface area contributed by atoms with Crippen molar-refractivity contribution in [3.8, 4) is 11.5 Å². The van der Waals surface area contributed by atoms with Gasteiger partial charge in [0, 0.05) is 12.0 Å². The summed E-state index contributed by atoms with van der Waals surface area (Å²) in [5, 5.41) is 0. The molecule has 1 aromatic rings. The first-order valence-corrected chi connectivity index (χ1v) is 8.27. The quantitative estimate of drug-likeness (QED) is 0.617. The van der Waals surface area contributed by atoms with E-state index in [9.17, 15) is 9.59 Å². The van der Waals surface area contributed by atoms with Crippen LogP contribution >= 0.6 is 0 Å². The van der Waals surface area contributed by atoms with Gasteiger partial charge in [-0.25, -0.2) is 0 Å². The number of esters is 1. The van der Waals surface area contributed by atoms with Crippen molar-refractivity contribution >= 4 is 11.8 Å². The molecule has 3 aliphatic rings. The van der Waals surface area contributed by atoms with Crippen LogP contribution in [0.15, 0.2) is 18.2 Å². The summed E-state index contributed by atoms with van der Waals surface area (Å²) in [6.45, 7) is -0.0369. The number of ether oxygens (including phenoxy) is 3. The second-order valence-electron chi connectivity index (χ2n) is 6.79. The zero-order valence-corrected chi connectivity index (χ0v) is 13.0. The summed E-state index contributed by atoms with van der Waals surface area (Å²) in [7, 11) is 0.